The molecule has 3 fully saturated rings. The summed E-state index contributed by atoms with van der Waals surface area (Å²) in [4.78, 5) is 112. The van der Waals surface area contributed by atoms with Crippen molar-refractivity contribution in [2.24, 2.45) is 0 Å². The van der Waals surface area contributed by atoms with Crippen molar-refractivity contribution in [3.05, 3.63) is 12.7 Å². The van der Waals surface area contributed by atoms with Crippen molar-refractivity contribution in [3.8, 4) is 0 Å². The first-order valence-electron chi connectivity index (χ1n) is 19.6. The Morgan fingerprint density at radius 1 is 0.422 bits per heavy atom. The first-order chi connectivity index (χ1) is 30.0. The third-order valence-electron chi connectivity index (χ3n) is 8.95. The molecule has 0 spiro atoms. The summed E-state index contributed by atoms with van der Waals surface area (Å²) in [5.41, 5.74) is 0. The van der Waals surface area contributed by atoms with E-state index in [1.807, 2.05) is 0 Å². The van der Waals surface area contributed by atoms with E-state index < -0.39 is 166 Å². The van der Waals surface area contributed by atoms with E-state index in [-0.39, 0.29) is 6.61 Å². The van der Waals surface area contributed by atoms with E-state index in [0.717, 1.165) is 62.3 Å². The first-order valence-corrected chi connectivity index (χ1v) is 19.6. The van der Waals surface area contributed by atoms with Crippen LogP contribution >= 0.6 is 0 Å². The van der Waals surface area contributed by atoms with Gasteiger partial charge in [0.15, 0.2) is 55.5 Å². The maximum atomic E-state index is 13.0. The maximum Gasteiger partial charge on any atom is 0.303 e. The predicted octanol–water partition coefficient (Wildman–Crippen LogP) is -1.23. The van der Waals surface area contributed by atoms with Crippen LogP contribution in [0.15, 0.2) is 12.7 Å². The predicted molar refractivity (Wildman–Crippen MR) is 201 cm³/mol. The molecule has 3 aliphatic heterocycles. The lowest BCUT2D eigenvalue weighted by molar-refractivity contribution is -0.380. The number of aliphatic hydroxyl groups excluding tert-OH is 1. The van der Waals surface area contributed by atoms with Gasteiger partial charge in [0.1, 0.15) is 56.4 Å². The number of hydrogen-bond acceptors (Lipinski definition) is 25. The van der Waals surface area contributed by atoms with Crippen LogP contribution in [-0.4, -0.2) is 177 Å². The van der Waals surface area contributed by atoms with E-state index in [9.17, 15) is 48.3 Å². The Bertz CT molecular complexity index is 1700. The zero-order valence-corrected chi connectivity index (χ0v) is 36.5. The minimum Gasteiger partial charge on any atom is -0.463 e. The second-order valence-corrected chi connectivity index (χ2v) is 14.3. The SMILES string of the molecule is C=CCO[C@@H]1[C@@H](OC(C)=O)[C@@H](O[C@@H]2[C@@H](OC(C)=O)[C@H](O[C@@H]3[C@@H](OC(C)=O)[C@H](O)O[C@H](COC(C)=O)[C@H]3OC(C)=O)O[C@H](COC(C)=O)[C@H]2OC(C)=O)O[C@H](COC(C)=O)[C@H]1OC(C)=O. The van der Waals surface area contributed by atoms with E-state index in [1.54, 1.807) is 0 Å². The summed E-state index contributed by atoms with van der Waals surface area (Å²) >= 11 is 0. The second kappa shape index (κ2) is 24.7. The Kier molecular flexibility index (Phi) is 20.4. The van der Waals surface area contributed by atoms with E-state index in [2.05, 4.69) is 6.58 Å². The molecule has 25 heteroatoms. The molecule has 0 bridgehead atoms. The fourth-order valence-electron chi connectivity index (χ4n) is 6.81. The van der Waals surface area contributed by atoms with Crippen LogP contribution in [0.2, 0.25) is 0 Å². The van der Waals surface area contributed by atoms with E-state index >= 15 is 0 Å². The summed E-state index contributed by atoms with van der Waals surface area (Å²) < 4.78 is 85.5. The van der Waals surface area contributed by atoms with Crippen molar-refractivity contribution in [3.63, 3.8) is 0 Å². The summed E-state index contributed by atoms with van der Waals surface area (Å²) in [5.74, 6) is -8.26. The Morgan fingerprint density at radius 3 is 1.06 bits per heavy atom. The van der Waals surface area contributed by atoms with Gasteiger partial charge in [-0.15, -0.1) is 6.58 Å². The largest absolute Gasteiger partial charge is 0.463 e. The molecule has 25 nitrogen and oxygen atoms in total. The lowest BCUT2D eigenvalue weighted by Gasteiger charge is -2.50. The fourth-order valence-corrected chi connectivity index (χ4v) is 6.81. The zero-order chi connectivity index (χ0) is 48.0. The fraction of sp³-hybridized carbons (Fsp3) is 0.718. The summed E-state index contributed by atoms with van der Waals surface area (Å²) in [6.07, 6.45) is -25.0. The van der Waals surface area contributed by atoms with Crippen LogP contribution in [0.25, 0.3) is 0 Å². The zero-order valence-electron chi connectivity index (χ0n) is 36.5. The Labute approximate surface area is 366 Å². The molecule has 3 aliphatic rings. The first kappa shape index (κ1) is 53.0. The number of ether oxygens (including phenoxy) is 15. The highest BCUT2D eigenvalue weighted by Crippen LogP contribution is 2.38. The minimum absolute atomic E-state index is 0.251. The van der Waals surface area contributed by atoms with Gasteiger partial charge >= 0.3 is 53.7 Å². The molecule has 0 aromatic carbocycles. The molecule has 64 heavy (non-hydrogen) atoms. The van der Waals surface area contributed by atoms with Gasteiger partial charge in [0, 0.05) is 62.3 Å². The van der Waals surface area contributed by atoms with Gasteiger partial charge in [-0.2, -0.15) is 0 Å². The number of aliphatic hydroxyl groups is 1. The molecule has 0 aliphatic carbocycles. The van der Waals surface area contributed by atoms with Crippen molar-refractivity contribution >= 4 is 53.7 Å². The highest BCUT2D eigenvalue weighted by Gasteiger charge is 2.59. The summed E-state index contributed by atoms with van der Waals surface area (Å²) in [6, 6.07) is 0. The molecule has 3 rings (SSSR count). The van der Waals surface area contributed by atoms with Gasteiger partial charge in [-0.05, 0) is 0 Å². The summed E-state index contributed by atoms with van der Waals surface area (Å²) in [6.45, 7) is 10.5. The summed E-state index contributed by atoms with van der Waals surface area (Å²) in [7, 11) is 0. The van der Waals surface area contributed by atoms with Gasteiger partial charge in [-0.1, -0.05) is 6.08 Å². The van der Waals surface area contributed by atoms with Crippen LogP contribution in [0.4, 0.5) is 0 Å². The molecular weight excluding hydrogens is 868 g/mol. The molecule has 0 unspecified atom stereocenters. The van der Waals surface area contributed by atoms with Crippen molar-refractivity contribution in [2.45, 2.75) is 154 Å². The maximum absolute atomic E-state index is 13.0. The van der Waals surface area contributed by atoms with Gasteiger partial charge in [0.2, 0.25) is 0 Å². The normalized spacial score (nSPS) is 32.3. The smallest absolute Gasteiger partial charge is 0.303 e. The molecule has 0 saturated carbocycles. The summed E-state index contributed by atoms with van der Waals surface area (Å²) in [5, 5.41) is 11.1. The van der Waals surface area contributed by atoms with Crippen LogP contribution in [0, 0.1) is 0 Å². The minimum atomic E-state index is -2.07. The van der Waals surface area contributed by atoms with Crippen molar-refractivity contribution in [1.29, 1.82) is 0 Å². The third-order valence-corrected chi connectivity index (χ3v) is 8.95. The van der Waals surface area contributed by atoms with E-state index in [1.165, 1.54) is 6.08 Å². The highest BCUT2D eigenvalue weighted by atomic mass is 16.8. The van der Waals surface area contributed by atoms with Crippen molar-refractivity contribution in [2.75, 3.05) is 26.4 Å². The topological polar surface area (TPSA) is 312 Å². The Morgan fingerprint density at radius 2 is 0.719 bits per heavy atom. The monoisotopic (exact) mass is 922 g/mol. The molecule has 15 atom stereocenters. The average Bonchev–Trinajstić information content (AvgIpc) is 3.16. The van der Waals surface area contributed by atoms with Gasteiger partial charge in [-0.3, -0.25) is 43.2 Å². The molecule has 360 valence electrons. The van der Waals surface area contributed by atoms with Crippen LogP contribution in [0.1, 0.15) is 62.3 Å². The van der Waals surface area contributed by atoms with Gasteiger partial charge in [0.25, 0.3) is 0 Å². The average molecular weight is 923 g/mol. The van der Waals surface area contributed by atoms with Crippen LogP contribution in [-0.2, 0) is 114 Å². The molecule has 3 heterocycles. The van der Waals surface area contributed by atoms with Gasteiger partial charge < -0.3 is 76.2 Å². The third kappa shape index (κ3) is 15.7. The molecule has 0 radical (unpaired) electrons. The van der Waals surface area contributed by atoms with Crippen molar-refractivity contribution in [1.82, 2.24) is 0 Å². The lowest BCUT2D eigenvalue weighted by Crippen LogP contribution is -2.69. The van der Waals surface area contributed by atoms with Crippen molar-refractivity contribution < 1.29 is 119 Å². The highest BCUT2D eigenvalue weighted by molar-refractivity contribution is 5.69. The van der Waals surface area contributed by atoms with Crippen LogP contribution in [0.3, 0.4) is 0 Å². The standard InChI is InChI=1S/C39H54O25/c1-11-12-50-31-28(54-19(5)43)26(14-52-17(3)41)61-38(35(31)58-23(9)47)64-33-30(56-21(7)45)27(15-53-18(4)42)62-39(36(33)59-24(10)48)63-32-29(55-20(6)44)25(13-51-16(2)40)60-37(49)34(32)57-22(8)46/h11,25-39,49H,1,12-15H2,2-10H3/t25-,26-,27-,28-,29-,30-,31+,32+,33+,34-,35-,36-,37-,38-,39+/m1/s1. The second-order valence-electron chi connectivity index (χ2n) is 14.3. The van der Waals surface area contributed by atoms with Gasteiger partial charge in [-0.25, -0.2) is 0 Å². The molecule has 0 aromatic rings. The Balaban J connectivity index is 2.33. The number of rotatable bonds is 19. The van der Waals surface area contributed by atoms with E-state index in [0.29, 0.717) is 0 Å². The number of hydrogen-bond donors (Lipinski definition) is 1. The quantitative estimate of drug-likeness (QED) is 0.0901. The van der Waals surface area contributed by atoms with Gasteiger partial charge in [0.05, 0.1) is 6.61 Å². The van der Waals surface area contributed by atoms with Crippen LogP contribution in [0.5, 0.6) is 0 Å². The molecule has 0 aromatic heterocycles. The van der Waals surface area contributed by atoms with Crippen LogP contribution < -0.4 is 0 Å². The molecule has 3 saturated heterocycles. The molecule has 1 N–H and O–H groups in total. The molecular formula is C39H54O25. The van der Waals surface area contributed by atoms with E-state index in [4.69, 9.17) is 71.1 Å². The number of carbonyl (C=O) groups is 9. The lowest BCUT2D eigenvalue weighted by atomic mass is 9.95. The molecule has 0 amide bonds. The number of carbonyl (C=O) groups excluding carboxylic acids is 9. The number of esters is 9. The Hall–Kier alpha value is -5.31.